The molecule has 1 heterocycles. The van der Waals surface area contributed by atoms with Crippen LogP contribution in [0.5, 0.6) is 0 Å². The van der Waals surface area contributed by atoms with E-state index in [2.05, 4.69) is 12.2 Å². The van der Waals surface area contributed by atoms with E-state index in [1.807, 2.05) is 13.8 Å². The molecule has 1 aliphatic rings. The van der Waals surface area contributed by atoms with E-state index in [0.29, 0.717) is 0 Å². The molecule has 0 amide bonds. The van der Waals surface area contributed by atoms with Gasteiger partial charge in [0.25, 0.3) is 0 Å². The van der Waals surface area contributed by atoms with Crippen molar-refractivity contribution in [2.75, 3.05) is 13.1 Å². The number of hydrogen-bond acceptors (Lipinski definition) is 3. The van der Waals surface area contributed by atoms with Gasteiger partial charge in [-0.1, -0.05) is 6.92 Å². The van der Waals surface area contributed by atoms with Crippen molar-refractivity contribution >= 4 is 0 Å². The molecule has 0 radical (unpaired) electrons. The minimum absolute atomic E-state index is 0.0417. The number of rotatable bonds is 3. The lowest BCUT2D eigenvalue weighted by Gasteiger charge is -2.09. The topological polar surface area (TPSA) is 30.5 Å². The van der Waals surface area contributed by atoms with Crippen molar-refractivity contribution in [3.8, 4) is 0 Å². The quantitative estimate of drug-likeness (QED) is 0.659. The van der Waals surface area contributed by atoms with Crippen LogP contribution in [0.3, 0.4) is 0 Å². The van der Waals surface area contributed by atoms with Gasteiger partial charge < -0.3 is 14.8 Å². The molecule has 1 aliphatic heterocycles. The van der Waals surface area contributed by atoms with Crippen LogP contribution in [0.4, 0.5) is 0 Å². The molecule has 2 atom stereocenters. The summed E-state index contributed by atoms with van der Waals surface area (Å²) >= 11 is 0. The summed E-state index contributed by atoms with van der Waals surface area (Å²) in [6.45, 7) is 7.91. The van der Waals surface area contributed by atoms with Crippen molar-refractivity contribution < 1.29 is 9.47 Å². The summed E-state index contributed by atoms with van der Waals surface area (Å²) in [5, 5.41) is 3.18. The minimum Gasteiger partial charge on any atom is -0.346 e. The molecule has 0 bridgehead atoms. The van der Waals surface area contributed by atoms with E-state index in [1.54, 1.807) is 0 Å². The predicted molar refractivity (Wildman–Crippen MR) is 43.4 cm³/mol. The van der Waals surface area contributed by atoms with Crippen LogP contribution in [0.2, 0.25) is 0 Å². The molecular weight excluding hydrogens is 142 g/mol. The third kappa shape index (κ3) is 2.43. The molecule has 3 heteroatoms. The molecule has 0 aromatic carbocycles. The standard InChI is InChI=1S/C8H17NO2/c1-4-9-5-8-10-6(2)7(3)11-8/h6-9H,4-5H2,1-3H3. The highest BCUT2D eigenvalue weighted by molar-refractivity contribution is 4.70. The maximum atomic E-state index is 5.49. The molecule has 1 saturated heterocycles. The lowest BCUT2D eigenvalue weighted by molar-refractivity contribution is -0.0592. The molecule has 0 aromatic heterocycles. The van der Waals surface area contributed by atoms with Crippen LogP contribution in [0.15, 0.2) is 0 Å². The first-order valence-electron chi connectivity index (χ1n) is 4.25. The Hall–Kier alpha value is -0.120. The van der Waals surface area contributed by atoms with Crippen molar-refractivity contribution in [1.82, 2.24) is 5.32 Å². The second-order valence-corrected chi connectivity index (χ2v) is 2.92. The van der Waals surface area contributed by atoms with Gasteiger partial charge >= 0.3 is 0 Å². The van der Waals surface area contributed by atoms with Crippen LogP contribution in [0, 0.1) is 0 Å². The zero-order valence-corrected chi connectivity index (χ0v) is 7.46. The fraction of sp³-hybridized carbons (Fsp3) is 1.00. The van der Waals surface area contributed by atoms with Gasteiger partial charge in [-0.3, -0.25) is 0 Å². The highest BCUT2D eigenvalue weighted by Crippen LogP contribution is 2.17. The SMILES string of the molecule is CCNCC1OC(C)C(C)O1. The molecule has 0 aromatic rings. The molecule has 66 valence electrons. The maximum absolute atomic E-state index is 5.49. The van der Waals surface area contributed by atoms with Crippen LogP contribution in [-0.4, -0.2) is 31.6 Å². The molecule has 0 aliphatic carbocycles. The van der Waals surface area contributed by atoms with Crippen molar-refractivity contribution in [1.29, 1.82) is 0 Å². The van der Waals surface area contributed by atoms with Crippen LogP contribution in [0.1, 0.15) is 20.8 Å². The van der Waals surface area contributed by atoms with Gasteiger partial charge in [-0.05, 0) is 20.4 Å². The van der Waals surface area contributed by atoms with Crippen molar-refractivity contribution in [2.45, 2.75) is 39.3 Å². The average molecular weight is 159 g/mol. The van der Waals surface area contributed by atoms with Crippen molar-refractivity contribution in [2.24, 2.45) is 0 Å². The minimum atomic E-state index is -0.0417. The second kappa shape index (κ2) is 4.04. The second-order valence-electron chi connectivity index (χ2n) is 2.92. The average Bonchev–Trinajstić information content (AvgIpc) is 2.28. The van der Waals surface area contributed by atoms with E-state index < -0.39 is 0 Å². The Morgan fingerprint density at radius 3 is 2.18 bits per heavy atom. The fourth-order valence-electron chi connectivity index (χ4n) is 1.09. The molecule has 2 unspecified atom stereocenters. The number of nitrogens with one attached hydrogen (secondary N) is 1. The molecule has 0 spiro atoms. The van der Waals surface area contributed by atoms with E-state index >= 15 is 0 Å². The van der Waals surface area contributed by atoms with Gasteiger partial charge in [-0.2, -0.15) is 0 Å². The first kappa shape index (κ1) is 8.97. The Kier molecular flexibility index (Phi) is 3.30. The Labute approximate surface area is 68.1 Å². The van der Waals surface area contributed by atoms with E-state index in [9.17, 15) is 0 Å². The third-order valence-corrected chi connectivity index (χ3v) is 1.95. The van der Waals surface area contributed by atoms with Crippen LogP contribution in [0.25, 0.3) is 0 Å². The molecule has 1 fully saturated rings. The number of hydrogen-bond donors (Lipinski definition) is 1. The van der Waals surface area contributed by atoms with Gasteiger partial charge in [-0.15, -0.1) is 0 Å². The Bertz CT molecular complexity index is 109. The predicted octanol–water partition coefficient (Wildman–Crippen LogP) is 0.746. The summed E-state index contributed by atoms with van der Waals surface area (Å²) in [7, 11) is 0. The Balaban J connectivity index is 2.18. The molecule has 0 saturated carbocycles. The fourth-order valence-corrected chi connectivity index (χ4v) is 1.09. The van der Waals surface area contributed by atoms with Crippen LogP contribution >= 0.6 is 0 Å². The zero-order chi connectivity index (χ0) is 8.27. The van der Waals surface area contributed by atoms with E-state index in [-0.39, 0.29) is 18.5 Å². The molecule has 1 N–H and O–H groups in total. The maximum Gasteiger partial charge on any atom is 0.170 e. The van der Waals surface area contributed by atoms with E-state index in [4.69, 9.17) is 9.47 Å². The number of likely N-dealkylation sites (N-methyl/N-ethyl adjacent to an activating group) is 1. The monoisotopic (exact) mass is 159 g/mol. The zero-order valence-electron chi connectivity index (χ0n) is 7.46. The van der Waals surface area contributed by atoms with Crippen LogP contribution < -0.4 is 5.32 Å². The first-order valence-corrected chi connectivity index (χ1v) is 4.25. The summed E-state index contributed by atoms with van der Waals surface area (Å²) in [5.74, 6) is 0. The van der Waals surface area contributed by atoms with Crippen molar-refractivity contribution in [3.05, 3.63) is 0 Å². The van der Waals surface area contributed by atoms with E-state index in [1.165, 1.54) is 0 Å². The summed E-state index contributed by atoms with van der Waals surface area (Å²) in [6, 6.07) is 0. The van der Waals surface area contributed by atoms with Crippen LogP contribution in [-0.2, 0) is 9.47 Å². The Morgan fingerprint density at radius 1 is 1.18 bits per heavy atom. The highest BCUT2D eigenvalue weighted by Gasteiger charge is 2.28. The third-order valence-electron chi connectivity index (χ3n) is 1.95. The van der Waals surface area contributed by atoms with Gasteiger partial charge in [-0.25, -0.2) is 0 Å². The lowest BCUT2D eigenvalue weighted by atomic mass is 10.3. The normalized spacial score (nSPS) is 37.9. The molecule has 3 nitrogen and oxygen atoms in total. The lowest BCUT2D eigenvalue weighted by Crippen LogP contribution is -2.27. The van der Waals surface area contributed by atoms with Crippen molar-refractivity contribution in [3.63, 3.8) is 0 Å². The van der Waals surface area contributed by atoms with Gasteiger partial charge in [0.1, 0.15) is 0 Å². The molecular formula is C8H17NO2. The number of ether oxygens (including phenoxy) is 2. The summed E-state index contributed by atoms with van der Waals surface area (Å²) < 4.78 is 11.0. The Morgan fingerprint density at radius 2 is 1.73 bits per heavy atom. The van der Waals surface area contributed by atoms with Gasteiger partial charge in [0.15, 0.2) is 6.29 Å². The molecule has 11 heavy (non-hydrogen) atoms. The summed E-state index contributed by atoms with van der Waals surface area (Å²) in [4.78, 5) is 0. The highest BCUT2D eigenvalue weighted by atomic mass is 16.7. The van der Waals surface area contributed by atoms with Gasteiger partial charge in [0, 0.05) is 6.54 Å². The van der Waals surface area contributed by atoms with Gasteiger partial charge in [0.05, 0.1) is 12.2 Å². The van der Waals surface area contributed by atoms with E-state index in [0.717, 1.165) is 13.1 Å². The summed E-state index contributed by atoms with van der Waals surface area (Å²) in [5.41, 5.74) is 0. The largest absolute Gasteiger partial charge is 0.346 e. The molecule has 1 rings (SSSR count). The van der Waals surface area contributed by atoms with Gasteiger partial charge in [0.2, 0.25) is 0 Å². The summed E-state index contributed by atoms with van der Waals surface area (Å²) in [6.07, 6.45) is 0.428. The smallest absolute Gasteiger partial charge is 0.170 e. The first-order chi connectivity index (χ1) is 5.24.